The third kappa shape index (κ3) is 8.63. The van der Waals surface area contributed by atoms with Crippen LogP contribution in [0.25, 0.3) is 0 Å². The Hall–Kier alpha value is -2.79. The third-order valence-corrected chi connectivity index (χ3v) is 24.2. The van der Waals surface area contributed by atoms with E-state index in [1.165, 1.54) is 11.9 Å². The van der Waals surface area contributed by atoms with Gasteiger partial charge in [-0.2, -0.15) is 0 Å². The minimum absolute atomic E-state index is 0.278. The highest BCUT2D eigenvalue weighted by molar-refractivity contribution is 6.91. The molecule has 0 aromatic heterocycles. The fraction of sp³-hybridized carbons (Fsp3) is 0.471. The Labute approximate surface area is 284 Å². The second-order valence-corrected chi connectivity index (χ2v) is 30.2. The fourth-order valence-corrected chi connectivity index (χ4v) is 25.0. The number of nitrogens with zero attached hydrogens (tertiary/aromatic N) is 2. The van der Waals surface area contributed by atoms with Crippen molar-refractivity contribution in [1.82, 2.24) is 9.80 Å². The van der Waals surface area contributed by atoms with Crippen LogP contribution in [0.2, 0.25) is 57.9 Å². The van der Waals surface area contributed by atoms with Crippen molar-refractivity contribution in [3.05, 3.63) is 82.1 Å². The second-order valence-electron chi connectivity index (χ2n) is 14.5. The van der Waals surface area contributed by atoms with E-state index in [4.69, 9.17) is 12.3 Å². The number of unbranched alkanes of at least 4 members (excludes halogenated alkanes) is 1. The molecule has 254 valence electrons. The van der Waals surface area contributed by atoms with Gasteiger partial charge in [0.25, 0.3) is 23.6 Å². The number of benzene rings is 2. The summed E-state index contributed by atoms with van der Waals surface area (Å²) in [7, 11) is -7.86. The van der Waals surface area contributed by atoms with E-state index in [1.54, 1.807) is 24.3 Å². The van der Waals surface area contributed by atoms with Gasteiger partial charge < -0.3 is 12.3 Å². The molecule has 1 atom stereocenters. The van der Waals surface area contributed by atoms with Crippen molar-refractivity contribution in [3.8, 4) is 0 Å². The molecule has 4 rings (SSSR count). The number of rotatable bonds is 16. The molecule has 4 amide bonds. The first-order valence-corrected chi connectivity index (χ1v) is 27.9. The molecule has 0 bridgehead atoms. The van der Waals surface area contributed by atoms with Gasteiger partial charge in [0.2, 0.25) is 0 Å². The van der Waals surface area contributed by atoms with Crippen LogP contribution in [0.3, 0.4) is 0 Å². The monoisotopic (exact) mass is 710 g/mol. The van der Waals surface area contributed by atoms with Crippen molar-refractivity contribution >= 4 is 57.4 Å². The molecule has 47 heavy (non-hydrogen) atoms. The van der Waals surface area contributed by atoms with Crippen molar-refractivity contribution in [3.63, 3.8) is 0 Å². The Morgan fingerprint density at radius 2 is 1.17 bits per heavy atom. The molecule has 13 heteroatoms. The van der Waals surface area contributed by atoms with Gasteiger partial charge in [-0.25, -0.2) is 0 Å². The van der Waals surface area contributed by atoms with Crippen LogP contribution in [0.4, 0.5) is 0 Å². The zero-order chi connectivity index (χ0) is 34.9. The van der Waals surface area contributed by atoms with E-state index in [0.29, 0.717) is 41.6 Å². The molecule has 2 heterocycles. The number of hydrogen-bond acceptors (Lipinski definition) is 7. The van der Waals surface area contributed by atoms with Crippen molar-refractivity contribution in [2.75, 3.05) is 13.6 Å². The molecule has 0 spiro atoms. The summed E-state index contributed by atoms with van der Waals surface area (Å²) in [6.07, 6.45) is 3.39. The maximum absolute atomic E-state index is 13.4. The number of imide groups is 2. The summed E-state index contributed by atoms with van der Waals surface area (Å²) in [5.41, 5.74) is 5.16. The summed E-state index contributed by atoms with van der Waals surface area (Å²) in [5, 5.41) is 0. The molecule has 2 aromatic rings. The summed E-state index contributed by atoms with van der Waals surface area (Å²) >= 11 is 0. The Balaban J connectivity index is 1.35. The molecule has 9 nitrogen and oxygen atoms in total. The summed E-state index contributed by atoms with van der Waals surface area (Å²) in [6.45, 7) is 21.6. The van der Waals surface area contributed by atoms with Gasteiger partial charge in [0.1, 0.15) is 0 Å². The van der Waals surface area contributed by atoms with E-state index in [1.807, 2.05) is 17.8 Å². The highest BCUT2D eigenvalue weighted by Gasteiger charge is 2.45. The predicted molar refractivity (Wildman–Crippen MR) is 194 cm³/mol. The van der Waals surface area contributed by atoms with Crippen molar-refractivity contribution in [1.29, 1.82) is 0 Å². The van der Waals surface area contributed by atoms with Crippen LogP contribution >= 0.6 is 0 Å². The van der Waals surface area contributed by atoms with Crippen molar-refractivity contribution in [2.24, 2.45) is 0 Å². The molecule has 0 N–H and O–H groups in total. The lowest BCUT2D eigenvalue weighted by Gasteiger charge is -2.41. The Morgan fingerprint density at radius 3 is 1.74 bits per heavy atom. The van der Waals surface area contributed by atoms with Gasteiger partial charge in [0.05, 0.1) is 22.3 Å². The third-order valence-electron chi connectivity index (χ3n) is 8.71. The minimum Gasteiger partial charge on any atom is -0.436 e. The summed E-state index contributed by atoms with van der Waals surface area (Å²) in [5.74, 6) is -1.19. The molecule has 0 saturated carbocycles. The van der Waals surface area contributed by atoms with E-state index in [0.717, 1.165) is 41.0 Å². The maximum atomic E-state index is 13.4. The number of amides is 4. The van der Waals surface area contributed by atoms with Gasteiger partial charge in [0, 0.05) is 13.6 Å². The molecule has 2 aliphatic rings. The summed E-state index contributed by atoms with van der Waals surface area (Å²) < 4.78 is 20.2. The first-order valence-electron chi connectivity index (χ1n) is 16.5. The lowest BCUT2D eigenvalue weighted by molar-refractivity contribution is 0.0648. The quantitative estimate of drug-likeness (QED) is 0.134. The van der Waals surface area contributed by atoms with Crippen LogP contribution in [0.5, 0.6) is 0 Å². The van der Waals surface area contributed by atoms with Gasteiger partial charge in [0.15, 0.2) is 16.6 Å². The van der Waals surface area contributed by atoms with E-state index in [-0.39, 0.29) is 23.6 Å². The summed E-state index contributed by atoms with van der Waals surface area (Å²) in [6, 6.07) is 12.4. The van der Waals surface area contributed by atoms with Gasteiger partial charge in [-0.3, -0.25) is 29.0 Å². The summed E-state index contributed by atoms with van der Waals surface area (Å²) in [4.78, 5) is 53.8. The van der Waals surface area contributed by atoms with Crippen LogP contribution in [0.15, 0.2) is 48.7 Å². The van der Waals surface area contributed by atoms with Gasteiger partial charge in [-0.15, -0.1) is 6.58 Å². The zero-order valence-corrected chi connectivity index (χ0v) is 33.5. The van der Waals surface area contributed by atoms with Crippen LogP contribution < -0.4 is 0 Å². The average molecular weight is 711 g/mol. The van der Waals surface area contributed by atoms with Crippen molar-refractivity contribution in [2.45, 2.75) is 90.5 Å². The van der Waals surface area contributed by atoms with Crippen LogP contribution in [-0.4, -0.2) is 80.8 Å². The van der Waals surface area contributed by atoms with Crippen LogP contribution in [-0.2, 0) is 18.8 Å². The largest absolute Gasteiger partial charge is 0.436 e. The Morgan fingerprint density at radius 1 is 0.681 bits per heavy atom. The molecule has 2 aromatic carbocycles. The smallest absolute Gasteiger partial charge is 0.342 e. The van der Waals surface area contributed by atoms with Crippen molar-refractivity contribution < 1.29 is 31.5 Å². The fourth-order valence-electron chi connectivity index (χ4n) is 6.60. The normalized spacial score (nSPS) is 16.5. The van der Waals surface area contributed by atoms with Crippen LogP contribution in [0, 0.1) is 0 Å². The average Bonchev–Trinajstić information content (AvgIpc) is 3.34. The molecule has 0 saturated heterocycles. The molecule has 1 unspecified atom stereocenters. The molecular weight excluding hydrogens is 661 g/mol. The lowest BCUT2D eigenvalue weighted by atomic mass is 9.98. The first kappa shape index (κ1) is 37.0. The van der Waals surface area contributed by atoms with Gasteiger partial charge in [-0.1, -0.05) is 37.6 Å². The lowest BCUT2D eigenvalue weighted by Crippen LogP contribution is -2.57. The minimum atomic E-state index is -2.64. The van der Waals surface area contributed by atoms with E-state index >= 15 is 0 Å². The van der Waals surface area contributed by atoms with Gasteiger partial charge in [-0.05, 0) is 106 Å². The van der Waals surface area contributed by atoms with E-state index < -0.39 is 33.8 Å². The first-order chi connectivity index (χ1) is 21.8. The molecule has 0 radical (unpaired) electrons. The topological polar surface area (TPSA) is 102 Å². The standard InChI is InChI=1S/C34H50N2O7Si4/c1-11-13-20-45(6,7)42-47(10,12-2)43-46(8,9)41-44(4,5)21-14-19-36-33(39)28-18-16-26(24-30(28)34(36)40)22-25-15-17-27-29(23-25)32(38)35(3)31(27)37/h12,15-18,23-24H,2,11,13-14,19-22H2,1,3-10H3. The Bertz CT molecular complexity index is 1590. The second kappa shape index (κ2) is 14.0. The van der Waals surface area contributed by atoms with Crippen LogP contribution in [0.1, 0.15) is 78.7 Å². The molecular formula is C34H50N2O7Si4. The molecule has 0 aliphatic carbocycles. The Kier molecular flexibility index (Phi) is 11.0. The SMILES string of the molecule is C=C[Si](C)(O[Si](C)(C)CCCC)O[Si](C)(C)O[Si](C)(C)CCCN1C(=O)c2ccc(Cc3ccc4c(c3)C(=O)N(C)C4=O)cc2C1=O. The number of hydrogen-bond donors (Lipinski definition) is 0. The molecule has 0 fully saturated rings. The number of carbonyl (C=O) groups excluding carboxylic acids is 4. The van der Waals surface area contributed by atoms with E-state index in [2.05, 4.69) is 59.3 Å². The van der Waals surface area contributed by atoms with Gasteiger partial charge >= 0.3 is 17.1 Å². The zero-order valence-electron chi connectivity index (χ0n) is 29.5. The molecule has 2 aliphatic heterocycles. The van der Waals surface area contributed by atoms with E-state index in [9.17, 15) is 19.2 Å². The maximum Gasteiger partial charge on any atom is 0.342 e. The number of carbonyl (C=O) groups is 4. The highest BCUT2D eigenvalue weighted by Crippen LogP contribution is 2.30. The highest BCUT2D eigenvalue weighted by atomic mass is 28.5. The number of fused-ring (bicyclic) bond motifs is 2. The predicted octanol–water partition coefficient (Wildman–Crippen LogP) is 7.25.